The summed E-state index contributed by atoms with van der Waals surface area (Å²) in [6.07, 6.45) is -0.336. The van der Waals surface area contributed by atoms with Crippen LogP contribution in [0.1, 0.15) is 26.9 Å². The summed E-state index contributed by atoms with van der Waals surface area (Å²) in [7, 11) is 1.57. The fourth-order valence-corrected chi connectivity index (χ4v) is 3.28. The lowest BCUT2D eigenvalue weighted by Crippen LogP contribution is -2.33. The topological polar surface area (TPSA) is 64.6 Å². The van der Waals surface area contributed by atoms with Crippen molar-refractivity contribution < 1.29 is 19.1 Å². The summed E-state index contributed by atoms with van der Waals surface area (Å²) in [5.41, 5.74) is 1.71. The summed E-state index contributed by atoms with van der Waals surface area (Å²) in [6, 6.07) is 20.2. The molecule has 0 aliphatic heterocycles. The molecule has 3 rings (SSSR count). The van der Waals surface area contributed by atoms with Gasteiger partial charge in [0.1, 0.15) is 10.6 Å². The molecule has 2 aromatic carbocycles. The molecule has 0 fully saturated rings. The van der Waals surface area contributed by atoms with Gasteiger partial charge in [0.2, 0.25) is 6.10 Å². The lowest BCUT2D eigenvalue weighted by Gasteiger charge is -2.18. The number of nitrogens with one attached hydrogen (secondary N) is 1. The number of carbonyl (C=O) groups is 2. The summed E-state index contributed by atoms with van der Waals surface area (Å²) in [4.78, 5) is 25.6. The van der Waals surface area contributed by atoms with Gasteiger partial charge in [0.25, 0.3) is 5.91 Å². The van der Waals surface area contributed by atoms with Crippen LogP contribution in [0.15, 0.2) is 72.1 Å². The number of thiophene rings is 1. The van der Waals surface area contributed by atoms with Gasteiger partial charge in [-0.15, -0.1) is 11.3 Å². The van der Waals surface area contributed by atoms with Crippen molar-refractivity contribution in [3.63, 3.8) is 0 Å². The van der Waals surface area contributed by atoms with Crippen LogP contribution in [0.2, 0.25) is 0 Å². The molecule has 1 aromatic heterocycles. The lowest BCUT2D eigenvalue weighted by atomic mass is 10.1. The van der Waals surface area contributed by atoms with E-state index in [2.05, 4.69) is 5.32 Å². The van der Waals surface area contributed by atoms with E-state index < -0.39 is 12.1 Å². The predicted molar refractivity (Wildman–Crippen MR) is 109 cm³/mol. The van der Waals surface area contributed by atoms with Gasteiger partial charge in [-0.05, 0) is 35.6 Å². The van der Waals surface area contributed by atoms with Gasteiger partial charge in [0.05, 0.1) is 7.11 Å². The second-order valence-corrected chi connectivity index (χ2v) is 7.01. The third-order valence-electron chi connectivity index (χ3n) is 4.16. The van der Waals surface area contributed by atoms with Gasteiger partial charge in [0.15, 0.2) is 0 Å². The molecule has 28 heavy (non-hydrogen) atoms. The third-order valence-corrected chi connectivity index (χ3v) is 5.01. The molecule has 6 heteroatoms. The van der Waals surface area contributed by atoms with Crippen LogP contribution in [0.5, 0.6) is 5.75 Å². The number of carbonyl (C=O) groups excluding carboxylic acids is 2. The van der Waals surface area contributed by atoms with Crippen LogP contribution >= 0.6 is 11.3 Å². The van der Waals surface area contributed by atoms with Gasteiger partial charge in [0, 0.05) is 12.1 Å². The van der Waals surface area contributed by atoms with Gasteiger partial charge in [-0.25, -0.2) is 4.79 Å². The second-order valence-electron chi connectivity index (χ2n) is 6.06. The minimum Gasteiger partial charge on any atom is -0.497 e. The van der Waals surface area contributed by atoms with Gasteiger partial charge >= 0.3 is 5.97 Å². The summed E-state index contributed by atoms with van der Waals surface area (Å²) in [5, 5.41) is 4.66. The van der Waals surface area contributed by atoms with E-state index in [-0.39, 0.29) is 5.91 Å². The number of benzene rings is 2. The summed E-state index contributed by atoms with van der Waals surface area (Å²) < 4.78 is 10.7. The third kappa shape index (κ3) is 5.20. The van der Waals surface area contributed by atoms with E-state index in [9.17, 15) is 9.59 Å². The molecule has 1 atom stereocenters. The van der Waals surface area contributed by atoms with Crippen molar-refractivity contribution in [3.05, 3.63) is 88.1 Å². The largest absolute Gasteiger partial charge is 0.497 e. The molecule has 1 heterocycles. The normalized spacial score (nSPS) is 11.5. The van der Waals surface area contributed by atoms with E-state index in [1.807, 2.05) is 30.3 Å². The molecule has 0 spiro atoms. The zero-order valence-corrected chi connectivity index (χ0v) is 16.3. The Labute approximate surface area is 167 Å². The number of rotatable bonds is 8. The van der Waals surface area contributed by atoms with Crippen LogP contribution in [-0.2, 0) is 16.0 Å². The maximum absolute atomic E-state index is 12.8. The Hall–Kier alpha value is -3.12. The number of hydrogen-bond donors (Lipinski definition) is 1. The molecule has 0 aliphatic carbocycles. The molecule has 1 N–H and O–H groups in total. The Morgan fingerprint density at radius 1 is 1.00 bits per heavy atom. The first-order valence-electron chi connectivity index (χ1n) is 8.87. The van der Waals surface area contributed by atoms with E-state index >= 15 is 0 Å². The van der Waals surface area contributed by atoms with Crippen molar-refractivity contribution in [2.75, 3.05) is 13.7 Å². The van der Waals surface area contributed by atoms with Crippen LogP contribution in [-0.4, -0.2) is 25.5 Å². The first-order chi connectivity index (χ1) is 13.7. The highest BCUT2D eigenvalue weighted by atomic mass is 32.1. The van der Waals surface area contributed by atoms with E-state index in [4.69, 9.17) is 9.47 Å². The standard InChI is InChI=1S/C22H21NO4S/c1-26-18-11-9-17(10-12-18)20(27-22(25)19-8-5-15-28-19)21(24)23-14-13-16-6-3-2-4-7-16/h2-12,15,20H,13-14H2,1H3,(H,23,24)/t20-/m1/s1. The van der Waals surface area contributed by atoms with Crippen molar-refractivity contribution in [1.82, 2.24) is 5.32 Å². The van der Waals surface area contributed by atoms with E-state index in [1.165, 1.54) is 11.3 Å². The average Bonchev–Trinajstić information content (AvgIpc) is 3.28. The average molecular weight is 395 g/mol. The van der Waals surface area contributed by atoms with Gasteiger partial charge in [-0.2, -0.15) is 0 Å². The molecule has 0 saturated carbocycles. The van der Waals surface area contributed by atoms with Crippen molar-refractivity contribution in [3.8, 4) is 5.75 Å². The SMILES string of the molecule is COc1ccc([C@@H](OC(=O)c2cccs2)C(=O)NCCc2ccccc2)cc1. The smallest absolute Gasteiger partial charge is 0.349 e. The monoisotopic (exact) mass is 395 g/mol. The van der Waals surface area contributed by atoms with Crippen LogP contribution < -0.4 is 10.1 Å². The number of hydrogen-bond acceptors (Lipinski definition) is 5. The quantitative estimate of drug-likeness (QED) is 0.585. The highest BCUT2D eigenvalue weighted by molar-refractivity contribution is 7.11. The van der Waals surface area contributed by atoms with Crippen LogP contribution in [0.25, 0.3) is 0 Å². The van der Waals surface area contributed by atoms with E-state index in [0.717, 1.165) is 5.56 Å². The highest BCUT2D eigenvalue weighted by Gasteiger charge is 2.26. The van der Waals surface area contributed by atoms with E-state index in [0.29, 0.717) is 29.2 Å². The van der Waals surface area contributed by atoms with Crippen molar-refractivity contribution >= 4 is 23.2 Å². The zero-order valence-electron chi connectivity index (χ0n) is 15.5. The first kappa shape index (κ1) is 19.6. The minimum absolute atomic E-state index is 0.356. The molecular weight excluding hydrogens is 374 g/mol. The lowest BCUT2D eigenvalue weighted by molar-refractivity contribution is -0.130. The number of ether oxygens (including phenoxy) is 2. The Bertz CT molecular complexity index is 892. The number of esters is 1. The van der Waals surface area contributed by atoms with Gasteiger partial charge < -0.3 is 14.8 Å². The summed E-state index contributed by atoms with van der Waals surface area (Å²) in [5.74, 6) is -0.211. The molecule has 144 valence electrons. The fraction of sp³-hybridized carbons (Fsp3) is 0.182. The summed E-state index contributed by atoms with van der Waals surface area (Å²) >= 11 is 1.27. The van der Waals surface area contributed by atoms with E-state index in [1.54, 1.807) is 48.9 Å². The minimum atomic E-state index is -1.03. The zero-order chi connectivity index (χ0) is 19.8. The van der Waals surface area contributed by atoms with Crippen LogP contribution in [0.3, 0.4) is 0 Å². The van der Waals surface area contributed by atoms with Gasteiger partial charge in [-0.1, -0.05) is 48.5 Å². The molecule has 0 unspecified atom stereocenters. The maximum Gasteiger partial charge on any atom is 0.349 e. The molecule has 0 bridgehead atoms. The first-order valence-corrected chi connectivity index (χ1v) is 9.75. The van der Waals surface area contributed by atoms with Crippen molar-refractivity contribution in [2.45, 2.75) is 12.5 Å². The molecule has 0 aliphatic rings. The fourth-order valence-electron chi connectivity index (χ4n) is 2.68. The Morgan fingerprint density at radius 3 is 2.39 bits per heavy atom. The van der Waals surface area contributed by atoms with Crippen molar-refractivity contribution in [2.24, 2.45) is 0 Å². The molecule has 3 aromatic rings. The predicted octanol–water partition coefficient (Wildman–Crippen LogP) is 4.01. The molecule has 0 saturated heterocycles. The van der Waals surface area contributed by atoms with Gasteiger partial charge in [-0.3, -0.25) is 4.79 Å². The van der Waals surface area contributed by atoms with Crippen molar-refractivity contribution in [1.29, 1.82) is 0 Å². The maximum atomic E-state index is 12.8. The molecular formula is C22H21NO4S. The highest BCUT2D eigenvalue weighted by Crippen LogP contribution is 2.23. The molecule has 5 nitrogen and oxygen atoms in total. The summed E-state index contributed by atoms with van der Waals surface area (Å²) in [6.45, 7) is 0.450. The number of methoxy groups -OCH3 is 1. The van der Waals surface area contributed by atoms with Crippen LogP contribution in [0.4, 0.5) is 0 Å². The van der Waals surface area contributed by atoms with Crippen LogP contribution in [0, 0.1) is 0 Å². The Kier molecular flexibility index (Phi) is 6.81. The number of amides is 1. The Morgan fingerprint density at radius 2 is 1.75 bits per heavy atom. The molecule has 1 amide bonds. The Balaban J connectivity index is 1.70. The second kappa shape index (κ2) is 9.71. The molecule has 0 radical (unpaired) electrons.